The number of aromatic nitrogens is 1. The number of carboxylic acids is 1. The zero-order valence-corrected chi connectivity index (χ0v) is 19.3. The molecular weight excluding hydrogens is 448 g/mol. The van der Waals surface area contributed by atoms with E-state index in [1.54, 1.807) is 45.0 Å². The van der Waals surface area contributed by atoms with E-state index in [1.807, 2.05) is 0 Å². The third-order valence-electron chi connectivity index (χ3n) is 3.82. The van der Waals surface area contributed by atoms with Gasteiger partial charge in [0.25, 0.3) is 11.8 Å². The number of aliphatic carboxylic acids is 1. The van der Waals surface area contributed by atoms with Gasteiger partial charge in [-0.1, -0.05) is 12.7 Å². The smallest absolute Gasteiger partial charge is 0.412 e. The zero-order chi connectivity index (χ0) is 24.8. The molecule has 2 rings (SSSR count). The second-order valence-corrected chi connectivity index (χ2v) is 8.49. The second-order valence-electron chi connectivity index (χ2n) is 7.64. The summed E-state index contributed by atoms with van der Waals surface area (Å²) in [7, 11) is 0. The van der Waals surface area contributed by atoms with Crippen LogP contribution in [-0.2, 0) is 14.3 Å². The molecule has 33 heavy (non-hydrogen) atoms. The fourth-order valence-electron chi connectivity index (χ4n) is 2.33. The molecule has 4 N–H and O–H groups in total. The standard InChI is InChI=1S/C22H24N4O6S/c1-6-15(20(29)30)25-17(27)12(2)23-18(28)16-11-33-19(26-16)13-7-9-14(10-8-13)24-21(31)32-22(3,4)5/h6-11H,2H2,1,3-5H3,(H,23,28)(H,24,31)(H,25,27)(H,29,30)/b15-6-. The van der Waals surface area contributed by atoms with Crippen LogP contribution in [-0.4, -0.2) is 39.6 Å². The molecule has 0 saturated heterocycles. The molecule has 0 spiro atoms. The molecule has 0 aliphatic carbocycles. The van der Waals surface area contributed by atoms with Crippen LogP contribution in [0, 0.1) is 0 Å². The number of carbonyl (C=O) groups excluding carboxylic acids is 3. The van der Waals surface area contributed by atoms with E-state index in [9.17, 15) is 19.2 Å². The van der Waals surface area contributed by atoms with Crippen LogP contribution < -0.4 is 16.0 Å². The minimum absolute atomic E-state index is 0.0596. The van der Waals surface area contributed by atoms with E-state index in [0.717, 1.165) is 0 Å². The van der Waals surface area contributed by atoms with Gasteiger partial charge in [0.1, 0.15) is 22.0 Å². The molecular formula is C22H24N4O6S. The van der Waals surface area contributed by atoms with Gasteiger partial charge < -0.3 is 20.5 Å². The predicted octanol–water partition coefficient (Wildman–Crippen LogP) is 3.51. The number of nitrogens with one attached hydrogen (secondary N) is 3. The SMILES string of the molecule is C=C(NC(=O)c1csc(-c2ccc(NC(=O)OC(C)(C)C)cc2)n1)C(=O)N/C(=C\C)C(=O)O. The van der Waals surface area contributed by atoms with E-state index in [0.29, 0.717) is 16.3 Å². The Kier molecular flexibility index (Phi) is 8.08. The molecule has 11 heteroatoms. The molecule has 2 aromatic rings. The highest BCUT2D eigenvalue weighted by Crippen LogP contribution is 2.25. The van der Waals surface area contributed by atoms with Crippen molar-refractivity contribution in [1.29, 1.82) is 0 Å². The lowest BCUT2D eigenvalue weighted by atomic mass is 10.2. The Hall–Kier alpha value is -3.99. The van der Waals surface area contributed by atoms with E-state index >= 15 is 0 Å². The van der Waals surface area contributed by atoms with Crippen LogP contribution in [0.2, 0.25) is 0 Å². The van der Waals surface area contributed by atoms with Gasteiger partial charge in [-0.05, 0) is 52.0 Å². The lowest BCUT2D eigenvalue weighted by molar-refractivity contribution is -0.134. The number of carbonyl (C=O) groups is 4. The Morgan fingerprint density at radius 2 is 1.76 bits per heavy atom. The number of amides is 3. The quantitative estimate of drug-likeness (QED) is 0.451. The van der Waals surface area contributed by atoms with Gasteiger partial charge >= 0.3 is 12.1 Å². The lowest BCUT2D eigenvalue weighted by Gasteiger charge is -2.19. The highest BCUT2D eigenvalue weighted by molar-refractivity contribution is 7.13. The van der Waals surface area contributed by atoms with Crippen LogP contribution in [0.5, 0.6) is 0 Å². The second kappa shape index (κ2) is 10.6. The number of hydrogen-bond acceptors (Lipinski definition) is 7. The first-order valence-corrected chi connectivity index (χ1v) is 10.5. The third kappa shape index (κ3) is 7.58. The average Bonchev–Trinajstić information content (AvgIpc) is 3.21. The van der Waals surface area contributed by atoms with Crippen molar-refractivity contribution in [1.82, 2.24) is 15.6 Å². The Labute approximate surface area is 194 Å². The van der Waals surface area contributed by atoms with Crippen molar-refractivity contribution in [2.75, 3.05) is 5.32 Å². The van der Waals surface area contributed by atoms with Gasteiger partial charge in [0, 0.05) is 16.6 Å². The Bertz CT molecular complexity index is 1110. The largest absolute Gasteiger partial charge is 0.477 e. The molecule has 1 aromatic heterocycles. The van der Waals surface area contributed by atoms with Crippen LogP contribution in [0.4, 0.5) is 10.5 Å². The van der Waals surface area contributed by atoms with Crippen molar-refractivity contribution in [3.05, 3.63) is 59.4 Å². The predicted molar refractivity (Wildman–Crippen MR) is 124 cm³/mol. The van der Waals surface area contributed by atoms with Crippen molar-refractivity contribution in [3.8, 4) is 10.6 Å². The molecule has 3 amide bonds. The number of thiazole rings is 1. The van der Waals surface area contributed by atoms with E-state index in [4.69, 9.17) is 9.84 Å². The fourth-order valence-corrected chi connectivity index (χ4v) is 3.14. The molecule has 10 nitrogen and oxygen atoms in total. The molecule has 0 bridgehead atoms. The maximum absolute atomic E-state index is 12.4. The summed E-state index contributed by atoms with van der Waals surface area (Å²) in [6, 6.07) is 6.80. The van der Waals surface area contributed by atoms with Crippen LogP contribution in [0.15, 0.2) is 53.7 Å². The van der Waals surface area contributed by atoms with E-state index in [-0.39, 0.29) is 17.1 Å². The molecule has 1 heterocycles. The van der Waals surface area contributed by atoms with Crippen LogP contribution >= 0.6 is 11.3 Å². The molecule has 0 aliphatic rings. The number of rotatable bonds is 7. The molecule has 0 unspecified atom stereocenters. The van der Waals surface area contributed by atoms with Crippen molar-refractivity contribution in [3.63, 3.8) is 0 Å². The highest BCUT2D eigenvalue weighted by Gasteiger charge is 2.19. The van der Waals surface area contributed by atoms with Gasteiger partial charge in [-0.25, -0.2) is 14.6 Å². The minimum atomic E-state index is -1.32. The van der Waals surface area contributed by atoms with Crippen molar-refractivity contribution >= 4 is 40.9 Å². The van der Waals surface area contributed by atoms with Crippen LogP contribution in [0.1, 0.15) is 38.2 Å². The topological polar surface area (TPSA) is 147 Å². The summed E-state index contributed by atoms with van der Waals surface area (Å²) in [4.78, 5) is 51.5. The molecule has 0 atom stereocenters. The molecule has 0 saturated carbocycles. The highest BCUT2D eigenvalue weighted by atomic mass is 32.1. The molecule has 174 valence electrons. The van der Waals surface area contributed by atoms with Gasteiger partial charge in [-0.2, -0.15) is 0 Å². The summed E-state index contributed by atoms with van der Waals surface area (Å²) in [6.45, 7) is 10.2. The van der Waals surface area contributed by atoms with Crippen LogP contribution in [0.25, 0.3) is 10.6 Å². The number of hydrogen-bond donors (Lipinski definition) is 4. The zero-order valence-electron chi connectivity index (χ0n) is 18.5. The maximum Gasteiger partial charge on any atom is 0.412 e. The Morgan fingerprint density at radius 3 is 2.30 bits per heavy atom. The van der Waals surface area contributed by atoms with Gasteiger partial charge in [0.15, 0.2) is 0 Å². The van der Waals surface area contributed by atoms with Crippen molar-refractivity contribution in [2.24, 2.45) is 0 Å². The molecule has 0 fully saturated rings. The number of anilines is 1. The van der Waals surface area contributed by atoms with Gasteiger partial charge in [0.2, 0.25) is 0 Å². The maximum atomic E-state index is 12.4. The van der Waals surface area contributed by atoms with Crippen molar-refractivity contribution < 1.29 is 29.0 Å². The summed E-state index contributed by atoms with van der Waals surface area (Å²) in [5.41, 5.74) is 0.0309. The molecule has 0 radical (unpaired) electrons. The number of ether oxygens (including phenoxy) is 1. The Morgan fingerprint density at radius 1 is 1.12 bits per heavy atom. The van der Waals surface area contributed by atoms with Gasteiger partial charge in [0.05, 0.1) is 5.70 Å². The van der Waals surface area contributed by atoms with E-state index in [2.05, 4.69) is 27.5 Å². The van der Waals surface area contributed by atoms with E-state index in [1.165, 1.54) is 29.7 Å². The van der Waals surface area contributed by atoms with Gasteiger partial charge in [-0.15, -0.1) is 11.3 Å². The molecule has 0 aliphatic heterocycles. The summed E-state index contributed by atoms with van der Waals surface area (Å²) >= 11 is 1.21. The first-order chi connectivity index (χ1) is 15.4. The monoisotopic (exact) mass is 472 g/mol. The average molecular weight is 473 g/mol. The van der Waals surface area contributed by atoms with Gasteiger partial charge in [-0.3, -0.25) is 14.9 Å². The number of allylic oxidation sites excluding steroid dienone is 1. The first kappa shape index (κ1) is 25.3. The summed E-state index contributed by atoms with van der Waals surface area (Å²) < 4.78 is 5.20. The summed E-state index contributed by atoms with van der Waals surface area (Å²) in [5, 5.41) is 18.1. The molecule has 1 aromatic carbocycles. The lowest BCUT2D eigenvalue weighted by Crippen LogP contribution is -2.35. The number of carboxylic acid groups (broad SMARTS) is 1. The summed E-state index contributed by atoms with van der Waals surface area (Å²) in [5.74, 6) is -2.85. The third-order valence-corrected chi connectivity index (χ3v) is 4.71. The number of benzene rings is 1. The van der Waals surface area contributed by atoms with Crippen LogP contribution in [0.3, 0.4) is 0 Å². The first-order valence-electron chi connectivity index (χ1n) is 9.67. The normalized spacial score (nSPS) is 11.3. The Balaban J connectivity index is 2.00. The fraction of sp³-hybridized carbons (Fsp3) is 0.227. The summed E-state index contributed by atoms with van der Waals surface area (Å²) in [6.07, 6.45) is 0.633. The number of nitrogens with zero attached hydrogens (tertiary/aromatic N) is 1. The van der Waals surface area contributed by atoms with Crippen molar-refractivity contribution in [2.45, 2.75) is 33.3 Å². The van der Waals surface area contributed by atoms with E-state index < -0.39 is 29.5 Å². The minimum Gasteiger partial charge on any atom is -0.477 e.